The third-order valence-electron chi connectivity index (χ3n) is 7.34. The van der Waals surface area contributed by atoms with Gasteiger partial charge < -0.3 is 60.9 Å². The predicted molar refractivity (Wildman–Crippen MR) is 137 cm³/mol. The highest BCUT2D eigenvalue weighted by Gasteiger charge is 2.54. The fourth-order valence-corrected chi connectivity index (χ4v) is 4.91. The van der Waals surface area contributed by atoms with Crippen LogP contribution in [0.3, 0.4) is 0 Å². The second kappa shape index (κ2) is 17.4. The minimum absolute atomic E-state index is 0.302. The van der Waals surface area contributed by atoms with Gasteiger partial charge in [-0.25, -0.2) is 0 Å². The second-order valence-electron chi connectivity index (χ2n) is 11.0. The molecule has 0 aromatic carbocycles. The molecule has 1 rings (SSSR count). The lowest BCUT2D eigenvalue weighted by Gasteiger charge is -2.47. The molecule has 0 bridgehead atoms. The SMILES string of the molecule is CCCCCCCCCCC(O)C[C@]1(O)OC(CC(O)C(O)C(O)C(O)C(O)CC(C)O)[C@@H](O)[C@H](O)[C@@H]1O. The maximum atomic E-state index is 10.9. The molecule has 228 valence electrons. The number of hydrogen-bond donors (Lipinski definition) is 11. The van der Waals surface area contributed by atoms with E-state index in [1.807, 2.05) is 0 Å². The molecule has 0 aromatic heterocycles. The third kappa shape index (κ3) is 11.2. The lowest BCUT2D eigenvalue weighted by atomic mass is 9.85. The quantitative estimate of drug-likeness (QED) is 0.0808. The minimum atomic E-state index is -2.46. The Morgan fingerprint density at radius 2 is 1.24 bits per heavy atom. The van der Waals surface area contributed by atoms with Gasteiger partial charge in [-0.3, -0.25) is 0 Å². The van der Waals surface area contributed by atoms with Gasteiger partial charge in [0.25, 0.3) is 0 Å². The third-order valence-corrected chi connectivity index (χ3v) is 7.34. The molecule has 0 spiro atoms. The Kier molecular flexibility index (Phi) is 16.2. The molecule has 1 aliphatic rings. The molecular weight excluding hydrogens is 504 g/mol. The van der Waals surface area contributed by atoms with Gasteiger partial charge in [-0.05, 0) is 13.3 Å². The summed E-state index contributed by atoms with van der Waals surface area (Å²) in [7, 11) is 0. The normalized spacial score (nSPS) is 31.8. The first kappa shape index (κ1) is 35.5. The van der Waals surface area contributed by atoms with E-state index in [1.165, 1.54) is 26.2 Å². The van der Waals surface area contributed by atoms with Gasteiger partial charge in [0.15, 0.2) is 5.79 Å². The molecule has 38 heavy (non-hydrogen) atoms. The molecule has 0 aliphatic carbocycles. The lowest BCUT2D eigenvalue weighted by Crippen LogP contribution is -2.65. The van der Waals surface area contributed by atoms with Crippen molar-refractivity contribution in [3.63, 3.8) is 0 Å². The van der Waals surface area contributed by atoms with Gasteiger partial charge in [-0.15, -0.1) is 0 Å². The Hall–Kier alpha value is -0.480. The van der Waals surface area contributed by atoms with Crippen LogP contribution in [0.4, 0.5) is 0 Å². The molecule has 12 heteroatoms. The van der Waals surface area contributed by atoms with E-state index in [2.05, 4.69) is 6.92 Å². The summed E-state index contributed by atoms with van der Waals surface area (Å²) in [6.07, 6.45) is -11.4. The largest absolute Gasteiger partial charge is 0.393 e. The van der Waals surface area contributed by atoms with Crippen LogP contribution in [-0.4, -0.2) is 129 Å². The highest BCUT2D eigenvalue weighted by molar-refractivity contribution is 4.98. The van der Waals surface area contributed by atoms with Crippen molar-refractivity contribution in [1.82, 2.24) is 0 Å². The summed E-state index contributed by atoms with van der Waals surface area (Å²) < 4.78 is 5.42. The Morgan fingerprint density at radius 1 is 0.711 bits per heavy atom. The monoisotopic (exact) mass is 556 g/mol. The topological polar surface area (TPSA) is 232 Å². The average molecular weight is 557 g/mol. The van der Waals surface area contributed by atoms with E-state index in [9.17, 15) is 56.2 Å². The first-order chi connectivity index (χ1) is 17.7. The van der Waals surface area contributed by atoms with E-state index in [0.717, 1.165) is 25.7 Å². The van der Waals surface area contributed by atoms with E-state index in [4.69, 9.17) is 4.74 Å². The lowest BCUT2D eigenvalue weighted by molar-refractivity contribution is -0.356. The number of unbranched alkanes of at least 4 members (excludes halogenated alkanes) is 7. The van der Waals surface area contributed by atoms with Crippen molar-refractivity contribution in [2.24, 2.45) is 0 Å². The van der Waals surface area contributed by atoms with Crippen molar-refractivity contribution in [2.45, 2.75) is 164 Å². The van der Waals surface area contributed by atoms with Crippen molar-refractivity contribution in [2.75, 3.05) is 0 Å². The summed E-state index contributed by atoms with van der Waals surface area (Å²) >= 11 is 0. The van der Waals surface area contributed by atoms with Crippen LogP contribution in [0.5, 0.6) is 0 Å². The summed E-state index contributed by atoms with van der Waals surface area (Å²) in [5.74, 6) is -2.46. The summed E-state index contributed by atoms with van der Waals surface area (Å²) in [4.78, 5) is 0. The van der Waals surface area contributed by atoms with Crippen LogP contribution >= 0.6 is 0 Å². The van der Waals surface area contributed by atoms with Crippen LogP contribution < -0.4 is 0 Å². The molecule has 12 nitrogen and oxygen atoms in total. The molecule has 8 unspecified atom stereocenters. The smallest absolute Gasteiger partial charge is 0.197 e. The molecule has 12 atom stereocenters. The van der Waals surface area contributed by atoms with Crippen molar-refractivity contribution < 1.29 is 60.9 Å². The highest BCUT2D eigenvalue weighted by Crippen LogP contribution is 2.34. The van der Waals surface area contributed by atoms with Crippen LogP contribution in [0.25, 0.3) is 0 Å². The number of ether oxygens (including phenoxy) is 1. The van der Waals surface area contributed by atoms with Gasteiger partial charge in [0.1, 0.15) is 36.6 Å². The predicted octanol–water partition coefficient (Wildman–Crippen LogP) is -1.60. The molecule has 1 aliphatic heterocycles. The number of aliphatic hydroxyl groups is 11. The van der Waals surface area contributed by atoms with Crippen molar-refractivity contribution >= 4 is 0 Å². The van der Waals surface area contributed by atoms with Crippen LogP contribution in [0.1, 0.15) is 90.9 Å². The number of aliphatic hydroxyl groups excluding tert-OH is 10. The Balaban J connectivity index is 2.67. The van der Waals surface area contributed by atoms with Crippen molar-refractivity contribution in [3.8, 4) is 0 Å². The molecule has 11 N–H and O–H groups in total. The zero-order valence-electron chi connectivity index (χ0n) is 22.7. The van der Waals surface area contributed by atoms with Gasteiger partial charge in [-0.2, -0.15) is 0 Å². The average Bonchev–Trinajstić information content (AvgIpc) is 2.85. The van der Waals surface area contributed by atoms with Crippen LogP contribution in [-0.2, 0) is 4.74 Å². The zero-order chi connectivity index (χ0) is 29.0. The first-order valence-electron chi connectivity index (χ1n) is 14.0. The van der Waals surface area contributed by atoms with Crippen LogP contribution in [0.15, 0.2) is 0 Å². The van der Waals surface area contributed by atoms with Crippen LogP contribution in [0.2, 0.25) is 0 Å². The molecule has 0 amide bonds. The van der Waals surface area contributed by atoms with Gasteiger partial charge >= 0.3 is 0 Å². The summed E-state index contributed by atoms with van der Waals surface area (Å²) in [6.45, 7) is 3.50. The Bertz CT molecular complexity index is 625. The summed E-state index contributed by atoms with van der Waals surface area (Å²) in [5, 5.41) is 112. The molecule has 0 radical (unpaired) electrons. The molecule has 0 aromatic rings. The van der Waals surface area contributed by atoms with E-state index in [1.54, 1.807) is 0 Å². The molecular formula is C26H52O12. The standard InChI is InChI=1S/C26H52O12/c1-3-4-5-6-7-8-9-10-11-16(28)14-26(37)25(36)24(35)22(33)19(38-26)13-18(30)21(32)23(34)20(31)17(29)12-15(2)27/h15-25,27-37H,3-14H2,1-2H3/t15?,16?,17?,18?,19?,20?,21?,22-,23?,24+,25+,26+/m1/s1. The Labute approximate surface area is 225 Å². The maximum Gasteiger partial charge on any atom is 0.197 e. The van der Waals surface area contributed by atoms with E-state index >= 15 is 0 Å². The minimum Gasteiger partial charge on any atom is -0.393 e. The van der Waals surface area contributed by atoms with Gasteiger partial charge in [0.05, 0.1) is 30.5 Å². The zero-order valence-corrected chi connectivity index (χ0v) is 22.7. The van der Waals surface area contributed by atoms with Crippen LogP contribution in [0, 0.1) is 0 Å². The van der Waals surface area contributed by atoms with Gasteiger partial charge in [-0.1, -0.05) is 58.3 Å². The fraction of sp³-hybridized carbons (Fsp3) is 1.00. The van der Waals surface area contributed by atoms with Crippen molar-refractivity contribution in [3.05, 3.63) is 0 Å². The van der Waals surface area contributed by atoms with Gasteiger partial charge in [0, 0.05) is 19.3 Å². The maximum absolute atomic E-state index is 10.9. The second-order valence-corrected chi connectivity index (χ2v) is 11.0. The molecule has 1 fully saturated rings. The number of rotatable bonds is 19. The summed E-state index contributed by atoms with van der Waals surface area (Å²) in [6, 6.07) is 0. The molecule has 0 saturated carbocycles. The number of hydrogen-bond acceptors (Lipinski definition) is 12. The van der Waals surface area contributed by atoms with E-state index in [-0.39, 0.29) is 6.42 Å². The van der Waals surface area contributed by atoms with E-state index in [0.29, 0.717) is 12.8 Å². The Morgan fingerprint density at radius 3 is 1.79 bits per heavy atom. The first-order valence-corrected chi connectivity index (χ1v) is 14.0. The molecule has 1 saturated heterocycles. The van der Waals surface area contributed by atoms with E-state index < -0.39 is 85.8 Å². The molecule has 1 heterocycles. The van der Waals surface area contributed by atoms with Crippen molar-refractivity contribution in [1.29, 1.82) is 0 Å². The fourth-order valence-electron chi connectivity index (χ4n) is 4.91. The highest BCUT2D eigenvalue weighted by atomic mass is 16.7. The summed E-state index contributed by atoms with van der Waals surface area (Å²) in [5.41, 5.74) is 0. The van der Waals surface area contributed by atoms with Gasteiger partial charge in [0.2, 0.25) is 0 Å².